The summed E-state index contributed by atoms with van der Waals surface area (Å²) in [5, 5.41) is 2.65. The molecule has 6 nitrogen and oxygen atoms in total. The quantitative estimate of drug-likeness (QED) is 0.900. The highest BCUT2D eigenvalue weighted by Gasteiger charge is 2.49. The Hall–Kier alpha value is -2.44. The van der Waals surface area contributed by atoms with Crippen LogP contribution in [0.15, 0.2) is 24.3 Å². The molecule has 3 rings (SSSR count). The Balaban J connectivity index is 1.50. The molecule has 24 heavy (non-hydrogen) atoms. The molecule has 1 aromatic rings. The number of amides is 3. The van der Waals surface area contributed by atoms with E-state index in [1.54, 1.807) is 15.9 Å². The van der Waals surface area contributed by atoms with Gasteiger partial charge in [-0.25, -0.2) is 4.39 Å². The van der Waals surface area contributed by atoms with Crippen LogP contribution in [0.3, 0.4) is 0 Å². The maximum atomic E-state index is 13.1. The summed E-state index contributed by atoms with van der Waals surface area (Å²) in [6.45, 7) is 3.60. The van der Waals surface area contributed by atoms with Crippen molar-refractivity contribution in [3.8, 4) is 0 Å². The molecule has 3 amide bonds. The summed E-state index contributed by atoms with van der Waals surface area (Å²) in [6, 6.07) is 5.69. The van der Waals surface area contributed by atoms with Gasteiger partial charge in [0.2, 0.25) is 17.7 Å². The number of benzene rings is 1. The van der Waals surface area contributed by atoms with E-state index < -0.39 is 5.82 Å². The van der Waals surface area contributed by atoms with Crippen LogP contribution in [0.25, 0.3) is 0 Å². The standard InChI is InChI=1S/C17H20FN3O3/c1-11(22)20-5-7-21(8-6-20)17(24)15-10-14(15)16(23)19-13-4-2-3-12(18)9-13/h2-4,9,14-15H,5-8,10H2,1H3,(H,19,23). The Bertz CT molecular complexity index is 671. The fourth-order valence-electron chi connectivity index (χ4n) is 3.04. The SMILES string of the molecule is CC(=O)N1CCN(C(=O)C2CC2C(=O)Nc2cccc(F)c2)CC1. The lowest BCUT2D eigenvalue weighted by Crippen LogP contribution is -2.50. The average molecular weight is 333 g/mol. The second-order valence-corrected chi connectivity index (χ2v) is 6.28. The van der Waals surface area contributed by atoms with E-state index in [4.69, 9.17) is 0 Å². The van der Waals surface area contributed by atoms with Gasteiger partial charge in [0.05, 0.1) is 11.8 Å². The van der Waals surface area contributed by atoms with E-state index in [-0.39, 0.29) is 29.6 Å². The summed E-state index contributed by atoms with van der Waals surface area (Å²) in [5.41, 5.74) is 0.396. The van der Waals surface area contributed by atoms with E-state index in [0.717, 1.165) is 0 Å². The zero-order valence-corrected chi connectivity index (χ0v) is 13.5. The Morgan fingerprint density at radius 2 is 1.75 bits per heavy atom. The van der Waals surface area contributed by atoms with Gasteiger partial charge in [-0.2, -0.15) is 0 Å². The van der Waals surface area contributed by atoms with Crippen LogP contribution < -0.4 is 5.32 Å². The van der Waals surface area contributed by atoms with E-state index >= 15 is 0 Å². The molecular weight excluding hydrogens is 313 g/mol. The van der Waals surface area contributed by atoms with Crippen molar-refractivity contribution >= 4 is 23.4 Å². The van der Waals surface area contributed by atoms with Crippen molar-refractivity contribution in [2.24, 2.45) is 11.8 Å². The monoisotopic (exact) mass is 333 g/mol. The molecule has 2 atom stereocenters. The third kappa shape index (κ3) is 3.55. The number of anilines is 1. The molecule has 1 N–H and O–H groups in total. The van der Waals surface area contributed by atoms with Crippen LogP contribution in [-0.2, 0) is 14.4 Å². The topological polar surface area (TPSA) is 69.7 Å². The van der Waals surface area contributed by atoms with Gasteiger partial charge in [0.25, 0.3) is 0 Å². The first-order valence-electron chi connectivity index (χ1n) is 8.06. The van der Waals surface area contributed by atoms with Crippen LogP contribution in [0.5, 0.6) is 0 Å². The van der Waals surface area contributed by atoms with E-state index in [2.05, 4.69) is 5.32 Å². The first-order valence-corrected chi connectivity index (χ1v) is 8.06. The number of carbonyl (C=O) groups excluding carboxylic acids is 3. The van der Waals surface area contributed by atoms with Crippen molar-refractivity contribution in [2.45, 2.75) is 13.3 Å². The van der Waals surface area contributed by atoms with Gasteiger partial charge < -0.3 is 15.1 Å². The van der Waals surface area contributed by atoms with Crippen LogP contribution in [0, 0.1) is 17.7 Å². The molecule has 128 valence electrons. The fraction of sp³-hybridized carbons (Fsp3) is 0.471. The highest BCUT2D eigenvalue weighted by atomic mass is 19.1. The Morgan fingerprint density at radius 1 is 1.08 bits per heavy atom. The molecule has 7 heteroatoms. The molecule has 0 radical (unpaired) electrons. The summed E-state index contributed by atoms with van der Waals surface area (Å²) < 4.78 is 13.1. The van der Waals surface area contributed by atoms with Gasteiger partial charge in [-0.3, -0.25) is 14.4 Å². The zero-order chi connectivity index (χ0) is 17.3. The predicted octanol–water partition coefficient (Wildman–Crippen LogP) is 1.09. The van der Waals surface area contributed by atoms with Crippen LogP contribution >= 0.6 is 0 Å². The molecule has 2 unspecified atom stereocenters. The lowest BCUT2D eigenvalue weighted by Gasteiger charge is -2.34. The number of carbonyl (C=O) groups is 3. The smallest absolute Gasteiger partial charge is 0.228 e. The van der Waals surface area contributed by atoms with Gasteiger partial charge in [0, 0.05) is 38.8 Å². The minimum Gasteiger partial charge on any atom is -0.339 e. The molecule has 1 aliphatic heterocycles. The second kappa shape index (κ2) is 6.59. The van der Waals surface area contributed by atoms with Crippen molar-refractivity contribution in [1.29, 1.82) is 0 Å². The van der Waals surface area contributed by atoms with Gasteiger partial charge in [-0.1, -0.05) is 6.07 Å². The summed E-state index contributed by atoms with van der Waals surface area (Å²) in [4.78, 5) is 39.3. The molecule has 2 aliphatic rings. The molecule has 1 saturated heterocycles. The number of nitrogens with one attached hydrogen (secondary N) is 1. The summed E-state index contributed by atoms with van der Waals surface area (Å²) in [7, 11) is 0. The number of hydrogen-bond donors (Lipinski definition) is 1. The molecule has 1 aliphatic carbocycles. The summed E-state index contributed by atoms with van der Waals surface area (Å²) in [5.74, 6) is -1.34. The lowest BCUT2D eigenvalue weighted by atomic mass is 10.2. The molecule has 0 aromatic heterocycles. The first kappa shape index (κ1) is 16.4. The number of nitrogens with zero attached hydrogens (tertiary/aromatic N) is 2. The minimum atomic E-state index is -0.417. The van der Waals surface area contributed by atoms with Crippen LogP contribution in [0.2, 0.25) is 0 Å². The third-order valence-electron chi connectivity index (χ3n) is 4.57. The van der Waals surface area contributed by atoms with Gasteiger partial charge in [-0.15, -0.1) is 0 Å². The maximum Gasteiger partial charge on any atom is 0.228 e. The Kier molecular flexibility index (Phi) is 4.51. The number of rotatable bonds is 3. The van der Waals surface area contributed by atoms with Crippen molar-refractivity contribution in [3.05, 3.63) is 30.1 Å². The molecular formula is C17H20FN3O3. The first-order chi connectivity index (χ1) is 11.5. The number of hydrogen-bond acceptors (Lipinski definition) is 3. The van der Waals surface area contributed by atoms with E-state index in [9.17, 15) is 18.8 Å². The van der Waals surface area contributed by atoms with Crippen LogP contribution in [0.1, 0.15) is 13.3 Å². The summed E-state index contributed by atoms with van der Waals surface area (Å²) >= 11 is 0. The third-order valence-corrected chi connectivity index (χ3v) is 4.57. The average Bonchev–Trinajstić information content (AvgIpc) is 3.35. The van der Waals surface area contributed by atoms with Crippen molar-refractivity contribution in [2.75, 3.05) is 31.5 Å². The number of halogens is 1. The fourth-order valence-corrected chi connectivity index (χ4v) is 3.04. The Morgan fingerprint density at radius 3 is 2.38 bits per heavy atom. The maximum absolute atomic E-state index is 13.1. The van der Waals surface area contributed by atoms with E-state index in [0.29, 0.717) is 38.3 Å². The molecule has 1 heterocycles. The predicted molar refractivity (Wildman–Crippen MR) is 85.5 cm³/mol. The van der Waals surface area contributed by atoms with E-state index in [1.807, 2.05) is 0 Å². The van der Waals surface area contributed by atoms with Gasteiger partial charge in [0.1, 0.15) is 5.82 Å². The highest BCUT2D eigenvalue weighted by molar-refractivity contribution is 5.99. The molecule has 1 saturated carbocycles. The molecule has 0 bridgehead atoms. The van der Waals surface area contributed by atoms with Crippen LogP contribution in [0.4, 0.5) is 10.1 Å². The normalized spacial score (nSPS) is 22.9. The number of piperazine rings is 1. The van der Waals surface area contributed by atoms with Crippen LogP contribution in [-0.4, -0.2) is 53.7 Å². The van der Waals surface area contributed by atoms with Crippen molar-refractivity contribution in [1.82, 2.24) is 9.80 Å². The molecule has 0 spiro atoms. The van der Waals surface area contributed by atoms with Crippen molar-refractivity contribution < 1.29 is 18.8 Å². The second-order valence-electron chi connectivity index (χ2n) is 6.28. The van der Waals surface area contributed by atoms with Gasteiger partial charge >= 0.3 is 0 Å². The zero-order valence-electron chi connectivity index (χ0n) is 13.5. The van der Waals surface area contributed by atoms with Crippen molar-refractivity contribution in [3.63, 3.8) is 0 Å². The lowest BCUT2D eigenvalue weighted by molar-refractivity contribution is -0.139. The molecule has 2 fully saturated rings. The highest BCUT2D eigenvalue weighted by Crippen LogP contribution is 2.41. The van der Waals surface area contributed by atoms with Gasteiger partial charge in [-0.05, 0) is 24.6 Å². The molecule has 1 aromatic carbocycles. The Labute approximate surface area is 139 Å². The summed E-state index contributed by atoms with van der Waals surface area (Å²) in [6.07, 6.45) is 0.521. The largest absolute Gasteiger partial charge is 0.339 e. The van der Waals surface area contributed by atoms with Gasteiger partial charge in [0.15, 0.2) is 0 Å². The van der Waals surface area contributed by atoms with E-state index in [1.165, 1.54) is 25.1 Å². The minimum absolute atomic E-state index is 0.0147.